The van der Waals surface area contributed by atoms with Crippen molar-refractivity contribution in [2.45, 2.75) is 176 Å². The van der Waals surface area contributed by atoms with Gasteiger partial charge in [0, 0.05) is 75.0 Å². The predicted molar refractivity (Wildman–Crippen MR) is 344 cm³/mol. The van der Waals surface area contributed by atoms with E-state index in [2.05, 4.69) is 72.1 Å². The topological polar surface area (TPSA) is 274 Å². The van der Waals surface area contributed by atoms with Gasteiger partial charge in [0.25, 0.3) is 35.4 Å². The van der Waals surface area contributed by atoms with Gasteiger partial charge in [-0.05, 0) is 155 Å². The maximum atomic E-state index is 12.8. The molecule has 4 aromatic rings. The Morgan fingerprint density at radius 1 is 0.407 bits per heavy atom. The second-order valence-corrected chi connectivity index (χ2v) is 24.4. The van der Waals surface area contributed by atoms with Gasteiger partial charge in [0.05, 0.1) is 41.0 Å². The van der Waals surface area contributed by atoms with Gasteiger partial charge in [0.15, 0.2) is 0 Å². The SMILES string of the molecule is C.C=C1CCC(N2C(=O)c3cccc(NC(C)C)c3C2=O)C(=O)N1.C=C1CCC(N2C(=O)c3cccc(OC(C)C)c3C2=O)C(=O)N1.C=C1CCC(N2Cc3c(NC(C)C)cccc3C2=O)C(=O)N1.C=C1CCC(N2Cc3c(OC(C)C)cccc3C2=O)C(=O)N1. The fourth-order valence-corrected chi connectivity index (χ4v) is 12.1. The number of carbonyl (C=O) groups is 10. The van der Waals surface area contributed by atoms with Gasteiger partial charge in [-0.15, -0.1) is 0 Å². The lowest BCUT2D eigenvalue weighted by Gasteiger charge is -2.31. The molecule has 4 unspecified atom stereocenters. The van der Waals surface area contributed by atoms with E-state index in [1.54, 1.807) is 52.3 Å². The van der Waals surface area contributed by atoms with E-state index in [0.29, 0.717) is 115 Å². The molecular formula is C69H82N10O12. The third-order valence-corrected chi connectivity index (χ3v) is 16.1. The lowest BCUT2D eigenvalue weighted by atomic mass is 10.0. The van der Waals surface area contributed by atoms with E-state index in [0.717, 1.165) is 38.1 Å². The summed E-state index contributed by atoms with van der Waals surface area (Å²) in [5, 5.41) is 17.3. The number of anilines is 2. The van der Waals surface area contributed by atoms with Crippen LogP contribution in [-0.2, 0) is 32.3 Å². The number of rotatable bonds is 12. The fraction of sp³-hybridized carbons (Fsp3) is 0.391. The molecule has 8 aliphatic heterocycles. The molecule has 91 heavy (non-hydrogen) atoms. The van der Waals surface area contributed by atoms with Crippen LogP contribution in [0.25, 0.3) is 0 Å². The smallest absolute Gasteiger partial charge is 0.266 e. The first-order chi connectivity index (χ1) is 42.7. The number of nitrogens with zero attached hydrogens (tertiary/aromatic N) is 4. The van der Waals surface area contributed by atoms with Gasteiger partial charge in [-0.2, -0.15) is 0 Å². The van der Waals surface area contributed by atoms with Gasteiger partial charge in [-0.3, -0.25) is 57.7 Å². The highest BCUT2D eigenvalue weighted by Crippen LogP contribution is 2.38. The van der Waals surface area contributed by atoms with E-state index in [4.69, 9.17) is 9.47 Å². The number of nitrogens with one attached hydrogen (secondary N) is 6. The van der Waals surface area contributed by atoms with Gasteiger partial charge >= 0.3 is 0 Å². The molecule has 0 aliphatic carbocycles. The van der Waals surface area contributed by atoms with Crippen LogP contribution in [0, 0.1) is 0 Å². The summed E-state index contributed by atoms with van der Waals surface area (Å²) in [5.41, 5.74) is 8.67. The Labute approximate surface area is 530 Å². The highest BCUT2D eigenvalue weighted by Gasteiger charge is 2.48. The Balaban J connectivity index is 0.000000156. The summed E-state index contributed by atoms with van der Waals surface area (Å²) in [6.07, 6.45) is 4.47. The van der Waals surface area contributed by atoms with Crippen molar-refractivity contribution in [1.29, 1.82) is 0 Å². The van der Waals surface area contributed by atoms with E-state index in [1.165, 1.54) is 0 Å². The third-order valence-electron chi connectivity index (χ3n) is 16.1. The maximum Gasteiger partial charge on any atom is 0.266 e. The number of carbonyl (C=O) groups excluding carboxylic acids is 10. The molecular weight excluding hydrogens is 1160 g/mol. The monoisotopic (exact) mass is 1240 g/mol. The molecule has 4 atom stereocenters. The van der Waals surface area contributed by atoms with E-state index in [-0.39, 0.29) is 78.3 Å². The molecule has 480 valence electrons. The van der Waals surface area contributed by atoms with Gasteiger partial charge in [0.2, 0.25) is 23.6 Å². The summed E-state index contributed by atoms with van der Waals surface area (Å²) in [5.74, 6) is -1.82. The van der Waals surface area contributed by atoms with Crippen molar-refractivity contribution < 1.29 is 57.4 Å². The third kappa shape index (κ3) is 14.1. The Kier molecular flexibility index (Phi) is 20.6. The van der Waals surface area contributed by atoms with Crippen molar-refractivity contribution in [3.05, 3.63) is 166 Å². The van der Waals surface area contributed by atoms with Crippen LogP contribution < -0.4 is 41.4 Å². The van der Waals surface area contributed by atoms with Crippen molar-refractivity contribution in [1.82, 2.24) is 40.9 Å². The first-order valence-corrected chi connectivity index (χ1v) is 30.4. The summed E-state index contributed by atoms with van der Waals surface area (Å²) in [6, 6.07) is 19.2. The second-order valence-electron chi connectivity index (χ2n) is 24.4. The molecule has 0 saturated carbocycles. The normalized spacial score (nSPS) is 20.7. The number of ether oxygens (including phenoxy) is 2. The molecule has 10 amide bonds. The molecule has 4 aromatic carbocycles. The van der Waals surface area contributed by atoms with Gasteiger partial charge in [0.1, 0.15) is 35.7 Å². The van der Waals surface area contributed by atoms with Gasteiger partial charge < -0.3 is 51.2 Å². The first-order valence-electron chi connectivity index (χ1n) is 30.4. The van der Waals surface area contributed by atoms with Crippen LogP contribution in [0.3, 0.4) is 0 Å². The number of imide groups is 2. The summed E-state index contributed by atoms with van der Waals surface area (Å²) >= 11 is 0. The summed E-state index contributed by atoms with van der Waals surface area (Å²) in [4.78, 5) is 130. The minimum Gasteiger partial charge on any atom is -0.491 e. The number of benzene rings is 4. The molecule has 12 rings (SSSR count). The van der Waals surface area contributed by atoms with Crippen LogP contribution >= 0.6 is 0 Å². The minimum atomic E-state index is -0.806. The van der Waals surface area contributed by atoms with Crippen molar-refractivity contribution in [2.75, 3.05) is 10.6 Å². The number of amides is 10. The van der Waals surface area contributed by atoms with Crippen LogP contribution in [0.5, 0.6) is 11.5 Å². The second kappa shape index (κ2) is 27.9. The molecule has 0 radical (unpaired) electrons. The highest BCUT2D eigenvalue weighted by molar-refractivity contribution is 6.26. The van der Waals surface area contributed by atoms with E-state index < -0.39 is 47.8 Å². The van der Waals surface area contributed by atoms with E-state index in [9.17, 15) is 47.9 Å². The standard InChI is InChI=1S/C17H19N3O3.C17H21N3O2.C17H18N2O4.C17H20N2O3.CH4/c1-9(2)18-12-6-4-5-11-14(12)17(23)20(16(11)22)13-8-7-10(3)19-15(13)21;1-10(2)18-14-6-4-5-12-13(14)9-20(17(12)22)15-8-7-11(3)19-16(15)21;1-9(2)23-13-6-4-5-11-14(13)17(22)19(16(11)21)12-8-7-10(3)18-15(12)20;1-10(2)22-15-6-4-5-12-13(15)9-19(17(12)21)14-8-7-11(3)18-16(14)20;/h4-6,9,13,18H,3,7-8H2,1-2H3,(H,19,21);4-6,10,15,18H,3,7-9H2,1-2H3,(H,19,21);4-6,9,12H,3,7-8H2,1-2H3,(H,18,20);4-6,10,14H,3,7-9H2,1-2H3,(H,18,20);1H4. The molecule has 4 saturated heterocycles. The van der Waals surface area contributed by atoms with Crippen molar-refractivity contribution in [3.63, 3.8) is 0 Å². The summed E-state index contributed by atoms with van der Waals surface area (Å²) in [7, 11) is 0. The van der Waals surface area contributed by atoms with Gasteiger partial charge in [-0.25, -0.2) is 0 Å². The Morgan fingerprint density at radius 3 is 1.18 bits per heavy atom. The minimum absolute atomic E-state index is 0. The highest BCUT2D eigenvalue weighted by atomic mass is 16.5. The fourth-order valence-electron chi connectivity index (χ4n) is 12.1. The van der Waals surface area contributed by atoms with Crippen LogP contribution in [0.1, 0.15) is 187 Å². The number of piperidine rings is 4. The molecule has 8 heterocycles. The molecule has 0 spiro atoms. The molecule has 0 aromatic heterocycles. The summed E-state index contributed by atoms with van der Waals surface area (Å²) < 4.78 is 11.4. The Morgan fingerprint density at radius 2 is 0.747 bits per heavy atom. The number of hydrogen-bond donors (Lipinski definition) is 6. The van der Waals surface area contributed by atoms with Gasteiger partial charge in [-0.1, -0.05) is 58.0 Å². The Hall–Kier alpha value is -9.86. The molecule has 0 bridgehead atoms. The zero-order valence-corrected chi connectivity index (χ0v) is 52.1. The molecule has 4 fully saturated rings. The molecule has 22 heteroatoms. The number of allylic oxidation sites excluding steroid dienone is 4. The largest absolute Gasteiger partial charge is 0.491 e. The maximum absolute atomic E-state index is 12.8. The number of hydrogen-bond acceptors (Lipinski definition) is 14. The Bertz CT molecular complexity index is 3460. The zero-order chi connectivity index (χ0) is 65.2. The lowest BCUT2D eigenvalue weighted by Crippen LogP contribution is -2.51. The zero-order valence-electron chi connectivity index (χ0n) is 52.1. The summed E-state index contributed by atoms with van der Waals surface area (Å²) in [6.45, 7) is 31.5. The van der Waals surface area contributed by atoms with Crippen LogP contribution in [0.4, 0.5) is 11.4 Å². The lowest BCUT2D eigenvalue weighted by molar-refractivity contribution is -0.127. The van der Waals surface area contributed by atoms with Crippen LogP contribution in [-0.4, -0.2) is 127 Å². The van der Waals surface area contributed by atoms with E-state index >= 15 is 0 Å². The van der Waals surface area contributed by atoms with Crippen LogP contribution in [0.15, 0.2) is 122 Å². The average Bonchev–Trinajstić information content (AvgIpc) is 1.72. The average molecular weight is 1240 g/mol. The molecule has 22 nitrogen and oxygen atoms in total. The number of fused-ring (bicyclic) bond motifs is 4. The van der Waals surface area contributed by atoms with Crippen molar-refractivity contribution >= 4 is 70.4 Å². The first kappa shape index (κ1) is 67.1. The quantitative estimate of drug-likeness (QED) is 0.0723. The van der Waals surface area contributed by atoms with Crippen molar-refractivity contribution in [2.24, 2.45) is 0 Å². The predicted octanol–water partition coefficient (Wildman–Crippen LogP) is 8.87. The molecule has 8 aliphatic rings. The van der Waals surface area contributed by atoms with E-state index in [1.807, 2.05) is 71.9 Å². The van der Waals surface area contributed by atoms with Crippen molar-refractivity contribution in [3.8, 4) is 11.5 Å². The van der Waals surface area contributed by atoms with Crippen LogP contribution in [0.2, 0.25) is 0 Å². The molecule has 6 N–H and O–H groups in total.